The lowest BCUT2D eigenvalue weighted by atomic mass is 10.2. The van der Waals surface area contributed by atoms with Gasteiger partial charge in [-0.2, -0.15) is 0 Å². The third-order valence-electron chi connectivity index (χ3n) is 3.63. The summed E-state index contributed by atoms with van der Waals surface area (Å²) in [6.07, 6.45) is 2.23. The monoisotopic (exact) mass is 302 g/mol. The van der Waals surface area contributed by atoms with E-state index >= 15 is 0 Å². The smallest absolute Gasteiger partial charge is 0.320 e. The molecule has 1 aliphatic heterocycles. The second-order valence-corrected chi connectivity index (χ2v) is 5.36. The fourth-order valence-corrected chi connectivity index (χ4v) is 2.47. The number of rotatable bonds is 6. The van der Waals surface area contributed by atoms with E-state index in [1.54, 1.807) is 4.68 Å². The van der Waals surface area contributed by atoms with Crippen molar-refractivity contribution in [3.05, 3.63) is 47.8 Å². The molecule has 2 heterocycles. The Morgan fingerprint density at radius 2 is 2.23 bits per heavy atom. The minimum Gasteiger partial charge on any atom is -0.480 e. The predicted molar refractivity (Wildman–Crippen MR) is 78.2 cm³/mol. The van der Waals surface area contributed by atoms with E-state index in [1.165, 1.54) is 0 Å². The Morgan fingerprint density at radius 3 is 2.95 bits per heavy atom. The molecule has 1 aromatic heterocycles. The molecule has 7 heteroatoms. The van der Waals surface area contributed by atoms with Crippen LogP contribution < -0.4 is 5.32 Å². The third kappa shape index (κ3) is 3.69. The molecule has 7 nitrogen and oxygen atoms in total. The number of benzene rings is 1. The Hall–Kier alpha value is -2.25. The van der Waals surface area contributed by atoms with E-state index in [-0.39, 0.29) is 6.10 Å². The number of hydrogen-bond acceptors (Lipinski definition) is 5. The maximum absolute atomic E-state index is 10.9. The number of carbonyl (C=O) groups is 1. The van der Waals surface area contributed by atoms with Crippen LogP contribution in [0.1, 0.15) is 17.7 Å². The quantitative estimate of drug-likeness (QED) is 0.815. The Kier molecular flexibility index (Phi) is 4.45. The maximum Gasteiger partial charge on any atom is 0.320 e. The Bertz CT molecular complexity index is 629. The van der Waals surface area contributed by atoms with Gasteiger partial charge in [-0.3, -0.25) is 4.79 Å². The Labute approximate surface area is 127 Å². The molecule has 2 aromatic rings. The maximum atomic E-state index is 10.9. The van der Waals surface area contributed by atoms with Crippen LogP contribution in [0.15, 0.2) is 36.5 Å². The molecule has 0 aliphatic carbocycles. The SMILES string of the molecule is O=C(O)C1C[C@@H](OCc2cn(Cc3ccccc3)nn2)CN1. The normalized spacial score (nSPS) is 21.1. The summed E-state index contributed by atoms with van der Waals surface area (Å²) in [6, 6.07) is 9.51. The summed E-state index contributed by atoms with van der Waals surface area (Å²) in [5.74, 6) is -0.833. The van der Waals surface area contributed by atoms with Gasteiger partial charge in [0, 0.05) is 13.0 Å². The van der Waals surface area contributed by atoms with E-state index in [2.05, 4.69) is 15.6 Å². The summed E-state index contributed by atoms with van der Waals surface area (Å²) in [6.45, 7) is 1.56. The van der Waals surface area contributed by atoms with Gasteiger partial charge in [0.25, 0.3) is 0 Å². The lowest BCUT2D eigenvalue weighted by molar-refractivity contribution is -0.139. The molecule has 1 aromatic carbocycles. The second-order valence-electron chi connectivity index (χ2n) is 5.36. The number of nitrogens with zero attached hydrogens (tertiary/aromatic N) is 3. The second kappa shape index (κ2) is 6.67. The molecule has 0 radical (unpaired) electrons. The first-order valence-electron chi connectivity index (χ1n) is 7.21. The number of ether oxygens (including phenoxy) is 1. The molecule has 1 saturated heterocycles. The molecule has 116 valence electrons. The molecule has 22 heavy (non-hydrogen) atoms. The highest BCUT2D eigenvalue weighted by atomic mass is 16.5. The van der Waals surface area contributed by atoms with Crippen molar-refractivity contribution in [1.29, 1.82) is 0 Å². The summed E-state index contributed by atoms with van der Waals surface area (Å²) in [5.41, 5.74) is 1.90. The van der Waals surface area contributed by atoms with Gasteiger partial charge < -0.3 is 15.2 Å². The van der Waals surface area contributed by atoms with Gasteiger partial charge in [0.2, 0.25) is 0 Å². The van der Waals surface area contributed by atoms with Gasteiger partial charge in [-0.25, -0.2) is 4.68 Å². The minimum atomic E-state index is -0.833. The highest BCUT2D eigenvalue weighted by Crippen LogP contribution is 2.12. The largest absolute Gasteiger partial charge is 0.480 e. The Balaban J connectivity index is 1.49. The topological polar surface area (TPSA) is 89.3 Å². The van der Waals surface area contributed by atoms with Crippen LogP contribution >= 0.6 is 0 Å². The van der Waals surface area contributed by atoms with Gasteiger partial charge in [-0.1, -0.05) is 35.5 Å². The first-order valence-corrected chi connectivity index (χ1v) is 7.21. The summed E-state index contributed by atoms with van der Waals surface area (Å²) in [4.78, 5) is 10.9. The molecule has 0 amide bonds. The van der Waals surface area contributed by atoms with Crippen molar-refractivity contribution in [2.75, 3.05) is 6.54 Å². The van der Waals surface area contributed by atoms with Crippen LogP contribution in [0.25, 0.3) is 0 Å². The highest BCUT2D eigenvalue weighted by molar-refractivity contribution is 5.73. The van der Waals surface area contributed by atoms with Crippen LogP contribution in [-0.2, 0) is 22.7 Å². The Morgan fingerprint density at radius 1 is 1.41 bits per heavy atom. The molecule has 1 aliphatic rings. The molecule has 3 rings (SSSR count). The highest BCUT2D eigenvalue weighted by Gasteiger charge is 2.29. The standard InChI is InChI=1S/C15H18N4O3/c20-15(21)14-6-13(7-16-14)22-10-12-9-19(18-17-12)8-11-4-2-1-3-5-11/h1-5,9,13-14,16H,6-8,10H2,(H,20,21)/t13-,14?/m1/s1. The predicted octanol–water partition coefficient (Wildman–Crippen LogP) is 0.658. The average molecular weight is 302 g/mol. The fourth-order valence-electron chi connectivity index (χ4n) is 2.47. The number of carboxylic acid groups (broad SMARTS) is 1. The van der Waals surface area contributed by atoms with Crippen LogP contribution in [0, 0.1) is 0 Å². The summed E-state index contributed by atoms with van der Waals surface area (Å²) in [7, 11) is 0. The lowest BCUT2D eigenvalue weighted by Gasteiger charge is -2.08. The fraction of sp³-hybridized carbons (Fsp3) is 0.400. The first-order chi connectivity index (χ1) is 10.7. The zero-order chi connectivity index (χ0) is 15.4. The van der Waals surface area contributed by atoms with E-state index < -0.39 is 12.0 Å². The molecule has 1 unspecified atom stereocenters. The van der Waals surface area contributed by atoms with Crippen LogP contribution in [0.3, 0.4) is 0 Å². The van der Waals surface area contributed by atoms with Crippen LogP contribution in [0.5, 0.6) is 0 Å². The van der Waals surface area contributed by atoms with Gasteiger partial charge >= 0.3 is 5.97 Å². The molecule has 0 bridgehead atoms. The number of nitrogens with one attached hydrogen (secondary N) is 1. The van der Waals surface area contributed by atoms with Gasteiger partial charge in [0.1, 0.15) is 11.7 Å². The van der Waals surface area contributed by atoms with Crippen molar-refractivity contribution in [3.63, 3.8) is 0 Å². The molecule has 0 spiro atoms. The van der Waals surface area contributed by atoms with Crippen LogP contribution in [0.2, 0.25) is 0 Å². The average Bonchev–Trinajstić information content (AvgIpc) is 3.15. The molecule has 2 atom stereocenters. The van der Waals surface area contributed by atoms with E-state index in [9.17, 15) is 4.79 Å². The lowest BCUT2D eigenvalue weighted by Crippen LogP contribution is -2.29. The summed E-state index contributed by atoms with van der Waals surface area (Å²) >= 11 is 0. The summed E-state index contributed by atoms with van der Waals surface area (Å²) in [5, 5.41) is 20.0. The number of hydrogen-bond donors (Lipinski definition) is 2. The minimum absolute atomic E-state index is 0.0969. The molecular formula is C15H18N4O3. The van der Waals surface area contributed by atoms with Gasteiger partial charge in [0.15, 0.2) is 0 Å². The van der Waals surface area contributed by atoms with Crippen LogP contribution in [-0.4, -0.2) is 44.8 Å². The van der Waals surface area contributed by atoms with Crippen molar-refractivity contribution in [1.82, 2.24) is 20.3 Å². The molecule has 2 N–H and O–H groups in total. The number of aromatic nitrogens is 3. The zero-order valence-electron chi connectivity index (χ0n) is 12.1. The number of carboxylic acids is 1. The van der Waals surface area contributed by atoms with Gasteiger partial charge in [0.05, 0.1) is 25.5 Å². The zero-order valence-corrected chi connectivity index (χ0v) is 12.1. The van der Waals surface area contributed by atoms with Gasteiger partial charge in [-0.05, 0) is 5.56 Å². The van der Waals surface area contributed by atoms with Crippen molar-refractivity contribution in [3.8, 4) is 0 Å². The summed E-state index contributed by atoms with van der Waals surface area (Å²) < 4.78 is 7.46. The van der Waals surface area contributed by atoms with E-state index in [0.29, 0.717) is 26.1 Å². The van der Waals surface area contributed by atoms with Crippen molar-refractivity contribution >= 4 is 5.97 Å². The van der Waals surface area contributed by atoms with Crippen molar-refractivity contribution < 1.29 is 14.6 Å². The van der Waals surface area contributed by atoms with Crippen LogP contribution in [0.4, 0.5) is 0 Å². The van der Waals surface area contributed by atoms with E-state index in [4.69, 9.17) is 9.84 Å². The first kappa shape index (κ1) is 14.7. The van der Waals surface area contributed by atoms with Crippen molar-refractivity contribution in [2.24, 2.45) is 0 Å². The van der Waals surface area contributed by atoms with Crippen molar-refractivity contribution in [2.45, 2.75) is 31.7 Å². The van der Waals surface area contributed by atoms with E-state index in [1.807, 2.05) is 36.5 Å². The third-order valence-corrected chi connectivity index (χ3v) is 3.63. The molecular weight excluding hydrogens is 284 g/mol. The molecule has 0 saturated carbocycles. The molecule has 1 fully saturated rings. The number of aliphatic carboxylic acids is 1. The van der Waals surface area contributed by atoms with E-state index in [0.717, 1.165) is 11.3 Å². The van der Waals surface area contributed by atoms with Gasteiger partial charge in [-0.15, -0.1) is 5.10 Å².